The van der Waals surface area contributed by atoms with Crippen molar-refractivity contribution in [2.75, 3.05) is 20.2 Å². The van der Waals surface area contributed by atoms with E-state index in [9.17, 15) is 9.59 Å². The number of hydrogen-bond donors (Lipinski definition) is 0. The van der Waals surface area contributed by atoms with Crippen molar-refractivity contribution < 1.29 is 14.3 Å². The second-order valence-corrected chi connectivity index (χ2v) is 8.00. The molecule has 0 radical (unpaired) electrons. The molecular formula is C20H20BrClN2O3. The van der Waals surface area contributed by atoms with Crippen LogP contribution in [0.1, 0.15) is 34.5 Å². The number of pyridine rings is 1. The lowest BCUT2D eigenvalue weighted by molar-refractivity contribution is -0.149. The van der Waals surface area contributed by atoms with Crippen LogP contribution >= 0.6 is 27.5 Å². The predicted molar refractivity (Wildman–Crippen MR) is 107 cm³/mol. The molecule has 1 aliphatic heterocycles. The lowest BCUT2D eigenvalue weighted by Crippen LogP contribution is -2.49. The van der Waals surface area contributed by atoms with Gasteiger partial charge >= 0.3 is 5.97 Å². The second-order valence-electron chi connectivity index (χ2n) is 6.69. The SMILES string of the molecule is COC(=O)C1(c2ccc(Br)cc2)CCN(C(=O)c2cc(C)nc(Cl)c2)CC1. The summed E-state index contributed by atoms with van der Waals surface area (Å²) in [6, 6.07) is 11.0. The maximum atomic E-state index is 12.9. The zero-order chi connectivity index (χ0) is 19.6. The van der Waals surface area contributed by atoms with Crippen molar-refractivity contribution in [3.63, 3.8) is 0 Å². The van der Waals surface area contributed by atoms with E-state index in [0.717, 1.165) is 10.0 Å². The molecule has 0 spiro atoms. The number of methoxy groups -OCH3 is 1. The molecule has 1 amide bonds. The van der Waals surface area contributed by atoms with Crippen LogP contribution in [0.25, 0.3) is 0 Å². The maximum Gasteiger partial charge on any atom is 0.316 e. The highest BCUT2D eigenvalue weighted by Gasteiger charge is 2.44. The van der Waals surface area contributed by atoms with Crippen LogP contribution in [0, 0.1) is 6.92 Å². The Morgan fingerprint density at radius 3 is 2.37 bits per heavy atom. The fourth-order valence-electron chi connectivity index (χ4n) is 3.60. The highest BCUT2D eigenvalue weighted by molar-refractivity contribution is 9.10. The van der Waals surface area contributed by atoms with Crippen molar-refractivity contribution in [3.05, 3.63) is 62.8 Å². The maximum absolute atomic E-state index is 12.9. The minimum atomic E-state index is -0.738. The number of aryl methyl sites for hydroxylation is 1. The van der Waals surface area contributed by atoms with E-state index in [2.05, 4.69) is 20.9 Å². The van der Waals surface area contributed by atoms with Crippen molar-refractivity contribution in [3.8, 4) is 0 Å². The smallest absolute Gasteiger partial charge is 0.316 e. The monoisotopic (exact) mass is 450 g/mol. The molecule has 1 saturated heterocycles. The third kappa shape index (κ3) is 4.01. The number of esters is 1. The molecule has 1 fully saturated rings. The molecule has 7 heteroatoms. The van der Waals surface area contributed by atoms with Crippen LogP contribution in [0.3, 0.4) is 0 Å². The van der Waals surface area contributed by atoms with Gasteiger partial charge in [0.05, 0.1) is 12.5 Å². The van der Waals surface area contributed by atoms with Crippen LogP contribution in [0.2, 0.25) is 5.15 Å². The number of nitrogens with zero attached hydrogens (tertiary/aromatic N) is 2. The first-order valence-electron chi connectivity index (χ1n) is 8.64. The molecule has 142 valence electrons. The van der Waals surface area contributed by atoms with Crippen molar-refractivity contribution in [1.29, 1.82) is 0 Å². The first-order chi connectivity index (χ1) is 12.9. The van der Waals surface area contributed by atoms with Gasteiger partial charge in [-0.15, -0.1) is 0 Å². The third-order valence-electron chi connectivity index (χ3n) is 5.05. The molecule has 0 saturated carbocycles. The Bertz CT molecular complexity index is 842. The summed E-state index contributed by atoms with van der Waals surface area (Å²) in [5.41, 5.74) is 1.38. The lowest BCUT2D eigenvalue weighted by atomic mass is 9.72. The van der Waals surface area contributed by atoms with Crippen molar-refractivity contribution in [2.45, 2.75) is 25.2 Å². The van der Waals surface area contributed by atoms with Crippen molar-refractivity contribution in [1.82, 2.24) is 9.88 Å². The summed E-state index contributed by atoms with van der Waals surface area (Å²) in [6.45, 7) is 2.72. The molecule has 0 bridgehead atoms. The number of aromatic nitrogens is 1. The molecule has 0 aliphatic carbocycles. The second kappa shape index (κ2) is 7.98. The molecule has 5 nitrogen and oxygen atoms in total. The largest absolute Gasteiger partial charge is 0.468 e. The Labute approximate surface area is 171 Å². The number of carbonyl (C=O) groups is 2. The average Bonchev–Trinajstić information content (AvgIpc) is 2.66. The van der Waals surface area contributed by atoms with E-state index in [4.69, 9.17) is 16.3 Å². The number of hydrogen-bond acceptors (Lipinski definition) is 4. The first kappa shape index (κ1) is 19.8. The highest BCUT2D eigenvalue weighted by Crippen LogP contribution is 2.37. The molecule has 2 aromatic rings. The molecule has 0 atom stereocenters. The van der Waals surface area contributed by atoms with Crippen LogP contribution in [-0.4, -0.2) is 42.0 Å². The Balaban J connectivity index is 1.83. The van der Waals surface area contributed by atoms with E-state index >= 15 is 0 Å². The van der Waals surface area contributed by atoms with Gasteiger partial charge in [-0.05, 0) is 49.6 Å². The zero-order valence-corrected chi connectivity index (χ0v) is 17.5. The third-order valence-corrected chi connectivity index (χ3v) is 5.77. The van der Waals surface area contributed by atoms with Gasteiger partial charge in [0.25, 0.3) is 5.91 Å². The van der Waals surface area contributed by atoms with E-state index in [-0.39, 0.29) is 11.9 Å². The van der Waals surface area contributed by atoms with Crippen LogP contribution < -0.4 is 0 Å². The molecule has 0 N–H and O–H groups in total. The normalized spacial score (nSPS) is 16.1. The molecule has 0 unspecified atom stereocenters. The fourth-order valence-corrected chi connectivity index (χ4v) is 4.12. The van der Waals surface area contributed by atoms with Crippen LogP contribution in [0.15, 0.2) is 40.9 Å². The Hall–Kier alpha value is -1.92. The number of carbonyl (C=O) groups excluding carboxylic acids is 2. The van der Waals surface area contributed by atoms with Crippen LogP contribution in [0.5, 0.6) is 0 Å². The Kier molecular flexibility index (Phi) is 5.86. The lowest BCUT2D eigenvalue weighted by Gasteiger charge is -2.40. The summed E-state index contributed by atoms with van der Waals surface area (Å²) >= 11 is 9.41. The molecule has 27 heavy (non-hydrogen) atoms. The number of likely N-dealkylation sites (tertiary alicyclic amines) is 1. The number of benzene rings is 1. The van der Waals surface area contributed by atoms with Crippen LogP contribution in [0.4, 0.5) is 0 Å². The first-order valence-corrected chi connectivity index (χ1v) is 9.81. The van der Waals surface area contributed by atoms with Crippen molar-refractivity contribution >= 4 is 39.4 Å². The van der Waals surface area contributed by atoms with E-state index in [1.54, 1.807) is 24.0 Å². The number of ether oxygens (including phenoxy) is 1. The van der Waals surface area contributed by atoms with E-state index < -0.39 is 5.41 Å². The standard InChI is InChI=1S/C20H20BrClN2O3/c1-13-11-14(12-17(22)23-13)18(25)24-9-7-20(8-10-24,19(26)27-2)15-3-5-16(21)6-4-15/h3-6,11-12H,7-10H2,1-2H3. The number of halogens is 2. The molecule has 2 heterocycles. The Morgan fingerprint density at radius 2 is 1.81 bits per heavy atom. The predicted octanol–water partition coefficient (Wildman–Crippen LogP) is 4.15. The summed E-state index contributed by atoms with van der Waals surface area (Å²) in [6.07, 6.45) is 1.01. The zero-order valence-electron chi connectivity index (χ0n) is 15.2. The van der Waals surface area contributed by atoms with Gasteiger partial charge in [0.2, 0.25) is 0 Å². The van der Waals surface area contributed by atoms with Gasteiger partial charge in [0.15, 0.2) is 0 Å². The molecular weight excluding hydrogens is 432 g/mol. The average molecular weight is 452 g/mol. The van der Waals surface area contributed by atoms with Crippen LogP contribution in [-0.2, 0) is 14.9 Å². The summed E-state index contributed by atoms with van der Waals surface area (Å²) < 4.78 is 6.06. The molecule has 1 aromatic heterocycles. The Morgan fingerprint density at radius 1 is 1.19 bits per heavy atom. The number of amides is 1. The van der Waals surface area contributed by atoms with Gasteiger partial charge in [-0.1, -0.05) is 39.7 Å². The van der Waals surface area contributed by atoms with E-state index in [1.165, 1.54) is 7.11 Å². The summed E-state index contributed by atoms with van der Waals surface area (Å²) in [5.74, 6) is -0.364. The van der Waals surface area contributed by atoms with Gasteiger partial charge in [-0.25, -0.2) is 4.98 Å². The van der Waals surface area contributed by atoms with Crippen molar-refractivity contribution in [2.24, 2.45) is 0 Å². The molecule has 1 aliphatic rings. The van der Waals surface area contributed by atoms with E-state index in [1.807, 2.05) is 24.3 Å². The quantitative estimate of drug-likeness (QED) is 0.519. The van der Waals surface area contributed by atoms with Gasteiger partial charge in [0.1, 0.15) is 5.15 Å². The topological polar surface area (TPSA) is 59.5 Å². The minimum Gasteiger partial charge on any atom is -0.468 e. The number of rotatable bonds is 3. The minimum absolute atomic E-state index is 0.100. The molecule has 1 aromatic carbocycles. The van der Waals surface area contributed by atoms with Gasteiger partial charge < -0.3 is 9.64 Å². The van der Waals surface area contributed by atoms with Gasteiger partial charge in [-0.3, -0.25) is 9.59 Å². The van der Waals surface area contributed by atoms with Gasteiger partial charge in [0, 0.05) is 28.8 Å². The van der Waals surface area contributed by atoms with E-state index in [0.29, 0.717) is 42.3 Å². The molecule has 3 rings (SSSR count). The summed E-state index contributed by atoms with van der Waals surface area (Å²) in [5, 5.41) is 0.300. The summed E-state index contributed by atoms with van der Waals surface area (Å²) in [4.78, 5) is 31.4. The summed E-state index contributed by atoms with van der Waals surface area (Å²) in [7, 11) is 1.40. The number of piperidine rings is 1. The van der Waals surface area contributed by atoms with Gasteiger partial charge in [-0.2, -0.15) is 0 Å². The highest BCUT2D eigenvalue weighted by atomic mass is 79.9. The fraction of sp³-hybridized carbons (Fsp3) is 0.350.